The summed E-state index contributed by atoms with van der Waals surface area (Å²) in [7, 11) is 0. The molecule has 4 N–H and O–H groups in total. The maximum atomic E-state index is 12.7. The lowest BCUT2D eigenvalue weighted by atomic mass is 9.67. The SMILES string of the molecule is NC1(C(=O)c2ccccc2)CCCC([N+](=O)[O-])C1(N)[N+](=O)[O-]. The third kappa shape index (κ3) is 2.14. The van der Waals surface area contributed by atoms with Gasteiger partial charge in [0.1, 0.15) is 0 Å². The molecule has 1 aromatic carbocycles. The summed E-state index contributed by atoms with van der Waals surface area (Å²) in [4.78, 5) is 33.5. The first kappa shape index (κ1) is 16.0. The number of carbonyl (C=O) groups excluding carboxylic acids is 1. The molecule has 9 heteroatoms. The topological polar surface area (TPSA) is 155 Å². The van der Waals surface area contributed by atoms with E-state index in [1.54, 1.807) is 18.2 Å². The molecule has 0 amide bonds. The fourth-order valence-electron chi connectivity index (χ4n) is 2.99. The number of hydrogen-bond donors (Lipinski definition) is 2. The van der Waals surface area contributed by atoms with E-state index >= 15 is 0 Å². The van der Waals surface area contributed by atoms with E-state index in [4.69, 9.17) is 11.5 Å². The molecular weight excluding hydrogens is 292 g/mol. The minimum Gasteiger partial charge on any atom is -0.311 e. The number of hydrogen-bond acceptors (Lipinski definition) is 7. The Balaban J connectivity index is 2.56. The third-order valence-electron chi connectivity index (χ3n) is 4.27. The van der Waals surface area contributed by atoms with Gasteiger partial charge in [-0.15, -0.1) is 0 Å². The number of ketones is 1. The summed E-state index contributed by atoms with van der Waals surface area (Å²) >= 11 is 0. The molecule has 118 valence electrons. The number of carbonyl (C=O) groups is 1. The van der Waals surface area contributed by atoms with E-state index in [0.717, 1.165) is 0 Å². The van der Waals surface area contributed by atoms with Crippen LogP contribution in [0.15, 0.2) is 30.3 Å². The van der Waals surface area contributed by atoms with Gasteiger partial charge in [-0.05, 0) is 12.8 Å². The summed E-state index contributed by atoms with van der Waals surface area (Å²) in [6.45, 7) is 0. The number of rotatable bonds is 4. The Morgan fingerprint density at radius 3 is 2.27 bits per heavy atom. The first-order valence-electron chi connectivity index (χ1n) is 6.70. The summed E-state index contributed by atoms with van der Waals surface area (Å²) in [6, 6.07) is 6.02. The molecule has 3 unspecified atom stereocenters. The molecule has 0 bridgehead atoms. The molecule has 1 fully saturated rings. The zero-order valence-corrected chi connectivity index (χ0v) is 11.7. The van der Waals surface area contributed by atoms with Gasteiger partial charge in [-0.3, -0.25) is 30.8 Å². The van der Waals surface area contributed by atoms with Crippen LogP contribution in [0.4, 0.5) is 0 Å². The Hall–Kier alpha value is -2.39. The highest BCUT2D eigenvalue weighted by molar-refractivity contribution is 6.04. The van der Waals surface area contributed by atoms with Crippen molar-refractivity contribution < 1.29 is 14.6 Å². The predicted molar refractivity (Wildman–Crippen MR) is 76.2 cm³/mol. The van der Waals surface area contributed by atoms with Gasteiger partial charge in [0.25, 0.3) is 6.04 Å². The monoisotopic (exact) mass is 308 g/mol. The van der Waals surface area contributed by atoms with Gasteiger partial charge in [-0.1, -0.05) is 30.3 Å². The molecular formula is C13H16N4O5. The Morgan fingerprint density at radius 2 is 1.77 bits per heavy atom. The largest absolute Gasteiger partial charge is 0.364 e. The van der Waals surface area contributed by atoms with Gasteiger partial charge in [-0.25, -0.2) is 0 Å². The van der Waals surface area contributed by atoms with Crippen LogP contribution >= 0.6 is 0 Å². The second-order valence-electron chi connectivity index (χ2n) is 5.44. The Bertz CT molecular complexity index is 622. The first-order chi connectivity index (χ1) is 10.2. The zero-order valence-electron chi connectivity index (χ0n) is 11.7. The quantitative estimate of drug-likeness (QED) is 0.351. The maximum absolute atomic E-state index is 12.7. The van der Waals surface area contributed by atoms with Gasteiger partial charge in [0.2, 0.25) is 0 Å². The number of nitrogens with zero attached hydrogens (tertiary/aromatic N) is 2. The van der Waals surface area contributed by atoms with Gasteiger partial charge in [0, 0.05) is 16.9 Å². The van der Waals surface area contributed by atoms with Crippen LogP contribution in [0.1, 0.15) is 29.6 Å². The lowest BCUT2D eigenvalue weighted by Gasteiger charge is -2.41. The van der Waals surface area contributed by atoms with E-state index in [2.05, 4.69) is 0 Å². The molecule has 0 spiro atoms. The molecule has 9 nitrogen and oxygen atoms in total. The van der Waals surface area contributed by atoms with Crippen molar-refractivity contribution in [3.8, 4) is 0 Å². The van der Waals surface area contributed by atoms with Gasteiger partial charge in [-0.2, -0.15) is 0 Å². The summed E-state index contributed by atoms with van der Waals surface area (Å²) in [5, 5.41) is 22.7. The number of nitrogens with two attached hydrogens (primary N) is 2. The maximum Gasteiger partial charge on any atom is 0.364 e. The van der Waals surface area contributed by atoms with Crippen LogP contribution in [0, 0.1) is 20.2 Å². The normalized spacial score (nSPS) is 31.5. The molecule has 0 radical (unpaired) electrons. The molecule has 1 aliphatic carbocycles. The molecule has 1 aromatic rings. The molecule has 1 saturated carbocycles. The van der Waals surface area contributed by atoms with Crippen molar-refractivity contribution in [2.24, 2.45) is 11.5 Å². The average Bonchev–Trinajstić information content (AvgIpc) is 2.49. The van der Waals surface area contributed by atoms with Crippen LogP contribution in [0.2, 0.25) is 0 Å². The smallest absolute Gasteiger partial charge is 0.311 e. The van der Waals surface area contributed by atoms with Gasteiger partial charge in [0.15, 0.2) is 11.3 Å². The third-order valence-corrected chi connectivity index (χ3v) is 4.27. The van der Waals surface area contributed by atoms with Gasteiger partial charge >= 0.3 is 5.66 Å². The minimum absolute atomic E-state index is 0.0808. The van der Waals surface area contributed by atoms with Crippen LogP contribution in [0.5, 0.6) is 0 Å². The fraction of sp³-hybridized carbons (Fsp3) is 0.462. The minimum atomic E-state index is -2.65. The lowest BCUT2D eigenvalue weighted by molar-refractivity contribution is -0.663. The Kier molecular flexibility index (Phi) is 3.94. The number of benzene rings is 1. The number of Topliss-reactive ketones (excluding diaryl/α,β-unsaturated/α-hetero) is 1. The van der Waals surface area contributed by atoms with Gasteiger partial charge < -0.3 is 5.73 Å². The average molecular weight is 308 g/mol. The lowest BCUT2D eigenvalue weighted by Crippen LogP contribution is -2.80. The summed E-state index contributed by atoms with van der Waals surface area (Å²) in [6.07, 6.45) is 0.0432. The highest BCUT2D eigenvalue weighted by atomic mass is 16.6. The van der Waals surface area contributed by atoms with E-state index < -0.39 is 32.9 Å². The van der Waals surface area contributed by atoms with Crippen molar-refractivity contribution in [2.75, 3.05) is 0 Å². The zero-order chi connectivity index (χ0) is 16.5. The van der Waals surface area contributed by atoms with Crippen molar-refractivity contribution in [3.63, 3.8) is 0 Å². The van der Waals surface area contributed by atoms with Crippen LogP contribution in [-0.2, 0) is 0 Å². The summed E-state index contributed by atoms with van der Waals surface area (Å²) in [5.74, 6) is -0.751. The Morgan fingerprint density at radius 1 is 1.18 bits per heavy atom. The van der Waals surface area contributed by atoms with E-state index in [9.17, 15) is 25.0 Å². The van der Waals surface area contributed by atoms with Crippen molar-refractivity contribution in [1.29, 1.82) is 0 Å². The van der Waals surface area contributed by atoms with E-state index in [1.165, 1.54) is 12.1 Å². The van der Waals surface area contributed by atoms with Crippen molar-refractivity contribution in [1.82, 2.24) is 0 Å². The van der Waals surface area contributed by atoms with E-state index in [0.29, 0.717) is 0 Å². The first-order valence-corrected chi connectivity index (χ1v) is 6.70. The summed E-state index contributed by atoms with van der Waals surface area (Å²) in [5.41, 5.74) is 7.16. The molecule has 2 rings (SSSR count). The molecule has 0 heterocycles. The standard InChI is InChI=1S/C13H16N4O5/c14-12(11(18)9-5-2-1-3-6-9)8-4-7-10(16(19)20)13(12,15)17(21)22/h1-3,5-6,10H,4,7-8,14-15H2. The predicted octanol–water partition coefficient (Wildman–Crippen LogP) is 0.328. The molecule has 0 aromatic heterocycles. The van der Waals surface area contributed by atoms with Crippen molar-refractivity contribution in [3.05, 3.63) is 56.1 Å². The summed E-state index contributed by atoms with van der Waals surface area (Å²) < 4.78 is 0. The van der Waals surface area contributed by atoms with Crippen LogP contribution in [0.3, 0.4) is 0 Å². The Labute approximate surface area is 125 Å². The van der Waals surface area contributed by atoms with Crippen LogP contribution in [-0.4, -0.2) is 32.9 Å². The molecule has 22 heavy (non-hydrogen) atoms. The molecule has 3 atom stereocenters. The fourth-order valence-corrected chi connectivity index (χ4v) is 2.99. The molecule has 1 aliphatic rings. The van der Waals surface area contributed by atoms with E-state index in [-0.39, 0.29) is 24.8 Å². The van der Waals surface area contributed by atoms with Crippen molar-refractivity contribution >= 4 is 5.78 Å². The molecule has 0 saturated heterocycles. The van der Waals surface area contributed by atoms with Crippen molar-refractivity contribution in [2.45, 2.75) is 36.5 Å². The van der Waals surface area contributed by atoms with E-state index in [1.807, 2.05) is 0 Å². The highest BCUT2D eigenvalue weighted by Crippen LogP contribution is 2.38. The van der Waals surface area contributed by atoms with Gasteiger partial charge in [0.05, 0.1) is 4.92 Å². The van der Waals surface area contributed by atoms with Crippen LogP contribution in [0.25, 0.3) is 0 Å². The second kappa shape index (κ2) is 5.43. The second-order valence-corrected chi connectivity index (χ2v) is 5.44. The van der Waals surface area contributed by atoms with Crippen LogP contribution < -0.4 is 11.5 Å². The number of nitro groups is 2. The molecule has 0 aliphatic heterocycles. The highest BCUT2D eigenvalue weighted by Gasteiger charge is 2.72.